The van der Waals surface area contributed by atoms with Gasteiger partial charge in [0.05, 0.1) is 34.5 Å². The Morgan fingerprint density at radius 2 is 1.32 bits per heavy atom. The molecule has 0 N–H and O–H groups in total. The Morgan fingerprint density at radius 3 is 2.05 bits per heavy atom. The van der Waals surface area contributed by atoms with Gasteiger partial charge in [-0.1, -0.05) is 31.5 Å². The van der Waals surface area contributed by atoms with E-state index in [4.69, 9.17) is 4.74 Å². The van der Waals surface area contributed by atoms with Crippen LogP contribution in [0.25, 0.3) is 43.6 Å². The lowest BCUT2D eigenvalue weighted by Gasteiger charge is -2.11. The van der Waals surface area contributed by atoms with E-state index in [1.165, 1.54) is 50.0 Å². The third-order valence-electron chi connectivity index (χ3n) is 7.82. The summed E-state index contributed by atoms with van der Waals surface area (Å²) in [6.45, 7) is 9.19. The molecule has 6 rings (SSSR count). The van der Waals surface area contributed by atoms with E-state index in [0.717, 1.165) is 62.5 Å². The average molecular weight is 505 g/mol. The van der Waals surface area contributed by atoms with Gasteiger partial charge in [0.15, 0.2) is 0 Å². The van der Waals surface area contributed by atoms with Gasteiger partial charge < -0.3 is 13.9 Å². The SMILES string of the molecule is CCCCn1c2cc(OCCCCCn3c4ccccc4c4ccnc(C)c43)ccc2c2ccnc(C)c21. The summed E-state index contributed by atoms with van der Waals surface area (Å²) < 4.78 is 11.1. The Hall–Kier alpha value is -3.86. The summed E-state index contributed by atoms with van der Waals surface area (Å²) >= 11 is 0. The minimum atomic E-state index is 0.731. The molecule has 0 amide bonds. The monoisotopic (exact) mass is 504 g/mol. The molecule has 0 fully saturated rings. The van der Waals surface area contributed by atoms with E-state index < -0.39 is 0 Å². The molecule has 2 aromatic carbocycles. The highest BCUT2D eigenvalue weighted by Gasteiger charge is 2.14. The zero-order valence-corrected chi connectivity index (χ0v) is 22.7. The van der Waals surface area contributed by atoms with E-state index in [2.05, 4.69) is 94.5 Å². The van der Waals surface area contributed by atoms with Gasteiger partial charge >= 0.3 is 0 Å². The number of aromatic nitrogens is 4. The van der Waals surface area contributed by atoms with Gasteiger partial charge in [-0.15, -0.1) is 0 Å². The van der Waals surface area contributed by atoms with Gasteiger partial charge in [-0.05, 0) is 69.9 Å². The van der Waals surface area contributed by atoms with Crippen LogP contribution in [0.15, 0.2) is 67.0 Å². The number of hydrogen-bond acceptors (Lipinski definition) is 3. The van der Waals surface area contributed by atoms with Gasteiger partial charge in [0.1, 0.15) is 5.75 Å². The summed E-state index contributed by atoms with van der Waals surface area (Å²) in [5.74, 6) is 0.952. The molecule has 0 saturated carbocycles. The van der Waals surface area contributed by atoms with E-state index in [9.17, 15) is 0 Å². The zero-order chi connectivity index (χ0) is 26.1. The molecule has 194 valence electrons. The Morgan fingerprint density at radius 1 is 0.658 bits per heavy atom. The number of fused-ring (bicyclic) bond motifs is 6. The van der Waals surface area contributed by atoms with Gasteiger partial charge in [-0.2, -0.15) is 0 Å². The van der Waals surface area contributed by atoms with Gasteiger partial charge in [-0.3, -0.25) is 9.97 Å². The van der Waals surface area contributed by atoms with Crippen molar-refractivity contribution in [3.05, 3.63) is 78.4 Å². The number of benzene rings is 2. The van der Waals surface area contributed by atoms with E-state index >= 15 is 0 Å². The quantitative estimate of drug-likeness (QED) is 0.176. The number of rotatable bonds is 10. The smallest absolute Gasteiger partial charge is 0.121 e. The summed E-state index contributed by atoms with van der Waals surface area (Å²) in [6.07, 6.45) is 9.43. The van der Waals surface area contributed by atoms with Crippen molar-refractivity contribution < 1.29 is 4.74 Å². The molecule has 4 aromatic heterocycles. The fraction of sp³-hybridized carbons (Fsp3) is 0.333. The summed E-state index contributed by atoms with van der Waals surface area (Å²) in [5, 5.41) is 5.18. The van der Waals surface area contributed by atoms with Crippen LogP contribution in [0, 0.1) is 13.8 Å². The molecule has 0 aliphatic carbocycles. The standard InChI is InChI=1S/C33H36N4O/c1-4-5-19-37-31-22-25(13-14-27(31)29-16-18-35-24(3)33(29)37)38-21-10-6-9-20-36-30-12-8-7-11-26(30)28-15-17-34-23(2)32(28)36/h7-8,11-18,22H,4-6,9-10,19-21H2,1-3H3. The zero-order valence-electron chi connectivity index (χ0n) is 22.7. The van der Waals surface area contributed by atoms with E-state index in [1.54, 1.807) is 0 Å². The first-order chi connectivity index (χ1) is 18.7. The molecule has 0 aliphatic rings. The molecular weight excluding hydrogens is 468 g/mol. The molecule has 0 spiro atoms. The number of para-hydroxylation sites is 1. The van der Waals surface area contributed by atoms with Crippen LogP contribution in [0.1, 0.15) is 50.4 Å². The van der Waals surface area contributed by atoms with Gasteiger partial charge in [0, 0.05) is 58.6 Å². The van der Waals surface area contributed by atoms with Crippen molar-refractivity contribution in [3.8, 4) is 5.75 Å². The summed E-state index contributed by atoms with van der Waals surface area (Å²) in [4.78, 5) is 9.14. The van der Waals surface area contributed by atoms with Crippen LogP contribution in [0.3, 0.4) is 0 Å². The third kappa shape index (κ3) is 4.30. The number of nitrogens with zero attached hydrogens (tertiary/aromatic N) is 4. The molecule has 0 saturated heterocycles. The Balaban J connectivity index is 1.13. The average Bonchev–Trinajstić information content (AvgIpc) is 3.43. The lowest BCUT2D eigenvalue weighted by atomic mass is 10.1. The normalized spacial score (nSPS) is 11.9. The fourth-order valence-corrected chi connectivity index (χ4v) is 5.98. The van der Waals surface area contributed by atoms with E-state index in [-0.39, 0.29) is 0 Å². The minimum Gasteiger partial charge on any atom is -0.494 e. The molecule has 0 bridgehead atoms. The molecule has 4 heterocycles. The topological polar surface area (TPSA) is 44.9 Å². The summed E-state index contributed by atoms with van der Waals surface area (Å²) in [7, 11) is 0. The van der Waals surface area contributed by atoms with Crippen molar-refractivity contribution in [2.45, 2.75) is 66.0 Å². The highest BCUT2D eigenvalue weighted by atomic mass is 16.5. The predicted octanol–water partition coefficient (Wildman–Crippen LogP) is 8.36. The van der Waals surface area contributed by atoms with Gasteiger partial charge in [-0.25, -0.2) is 0 Å². The molecule has 6 aromatic rings. The van der Waals surface area contributed by atoms with Crippen molar-refractivity contribution in [2.24, 2.45) is 0 Å². The molecule has 0 radical (unpaired) electrons. The van der Waals surface area contributed by atoms with Crippen LogP contribution >= 0.6 is 0 Å². The van der Waals surface area contributed by atoms with E-state index in [1.807, 2.05) is 12.4 Å². The lowest BCUT2D eigenvalue weighted by Crippen LogP contribution is -2.02. The molecule has 5 nitrogen and oxygen atoms in total. The minimum absolute atomic E-state index is 0.731. The number of unbranched alkanes of at least 4 members (excludes halogenated alkanes) is 3. The fourth-order valence-electron chi connectivity index (χ4n) is 5.98. The molecule has 0 aliphatic heterocycles. The van der Waals surface area contributed by atoms with Crippen LogP contribution in [0.4, 0.5) is 0 Å². The maximum atomic E-state index is 6.25. The number of hydrogen-bond donors (Lipinski definition) is 0. The Bertz CT molecular complexity index is 1740. The first-order valence-electron chi connectivity index (χ1n) is 14.0. The van der Waals surface area contributed by atoms with Crippen LogP contribution in [0.5, 0.6) is 5.75 Å². The second-order valence-electron chi connectivity index (χ2n) is 10.3. The van der Waals surface area contributed by atoms with Crippen molar-refractivity contribution in [1.82, 2.24) is 19.1 Å². The Labute approximate surface area is 224 Å². The second-order valence-corrected chi connectivity index (χ2v) is 10.3. The van der Waals surface area contributed by atoms with Crippen molar-refractivity contribution in [2.75, 3.05) is 6.61 Å². The molecular formula is C33H36N4O. The predicted molar refractivity (Wildman–Crippen MR) is 158 cm³/mol. The molecule has 5 heteroatoms. The van der Waals surface area contributed by atoms with Crippen LogP contribution < -0.4 is 4.74 Å². The van der Waals surface area contributed by atoms with Crippen LogP contribution in [-0.4, -0.2) is 25.7 Å². The number of ether oxygens (including phenoxy) is 1. The van der Waals surface area contributed by atoms with Gasteiger partial charge in [0.2, 0.25) is 0 Å². The van der Waals surface area contributed by atoms with Crippen LogP contribution in [-0.2, 0) is 13.1 Å². The second kappa shape index (κ2) is 10.5. The van der Waals surface area contributed by atoms with Crippen LogP contribution in [0.2, 0.25) is 0 Å². The maximum Gasteiger partial charge on any atom is 0.121 e. The summed E-state index contributed by atoms with van der Waals surface area (Å²) in [6, 6.07) is 19.5. The van der Waals surface area contributed by atoms with Crippen molar-refractivity contribution in [1.29, 1.82) is 0 Å². The highest BCUT2D eigenvalue weighted by Crippen LogP contribution is 2.33. The van der Waals surface area contributed by atoms with Crippen molar-refractivity contribution in [3.63, 3.8) is 0 Å². The summed E-state index contributed by atoms with van der Waals surface area (Å²) in [5.41, 5.74) is 7.25. The first-order valence-corrected chi connectivity index (χ1v) is 14.0. The molecule has 0 atom stereocenters. The number of aryl methyl sites for hydroxylation is 4. The maximum absolute atomic E-state index is 6.25. The Kier molecular flexibility index (Phi) is 6.75. The molecule has 0 unspecified atom stereocenters. The molecule has 38 heavy (non-hydrogen) atoms. The number of pyridine rings is 2. The first kappa shape index (κ1) is 24.5. The van der Waals surface area contributed by atoms with E-state index in [0.29, 0.717) is 0 Å². The highest BCUT2D eigenvalue weighted by molar-refractivity contribution is 6.09. The lowest BCUT2D eigenvalue weighted by molar-refractivity contribution is 0.304. The van der Waals surface area contributed by atoms with Crippen molar-refractivity contribution >= 4 is 43.6 Å². The van der Waals surface area contributed by atoms with Gasteiger partial charge in [0.25, 0.3) is 0 Å². The third-order valence-corrected chi connectivity index (χ3v) is 7.82. The largest absolute Gasteiger partial charge is 0.494 e.